The number of likely N-dealkylation sites (tertiary alicyclic amines) is 2. The molecule has 0 bridgehead atoms. The zero-order valence-electron chi connectivity index (χ0n) is 14.3. The van der Waals surface area contributed by atoms with Gasteiger partial charge in [-0.05, 0) is 44.0 Å². The number of carbonyl (C=O) groups excluding carboxylic acids is 2. The molecule has 2 rings (SSSR count). The molecule has 0 saturated carbocycles. The number of hydrogen-bond acceptors (Lipinski definition) is 2. The van der Waals surface area contributed by atoms with Crippen molar-refractivity contribution in [2.75, 3.05) is 6.54 Å². The zero-order valence-corrected chi connectivity index (χ0v) is 14.3. The van der Waals surface area contributed by atoms with E-state index in [4.69, 9.17) is 0 Å². The molecule has 0 spiro atoms. The Balaban J connectivity index is 0.000000220. The van der Waals surface area contributed by atoms with Crippen LogP contribution in [0, 0.1) is 11.8 Å². The number of carbonyl (C=O) groups is 2. The molecule has 2 heterocycles. The topological polar surface area (TPSA) is 40.6 Å². The van der Waals surface area contributed by atoms with Gasteiger partial charge in [-0.2, -0.15) is 0 Å². The number of piperidine rings is 2. The van der Waals surface area contributed by atoms with Gasteiger partial charge in [0.25, 0.3) is 0 Å². The molecule has 4 nitrogen and oxygen atoms in total. The first-order valence-electron chi connectivity index (χ1n) is 8.31. The Morgan fingerprint density at radius 1 is 1.23 bits per heavy atom. The highest BCUT2D eigenvalue weighted by molar-refractivity contribution is 5.80. The van der Waals surface area contributed by atoms with E-state index in [-0.39, 0.29) is 17.7 Å². The SMILES string of the molecule is C=CN1C(=O)CCCC1CC.C=CN1CC(C)CC(C)C1=O. The zero-order chi connectivity index (χ0) is 16.7. The molecule has 2 amide bonds. The molecule has 3 atom stereocenters. The van der Waals surface area contributed by atoms with Crippen LogP contribution in [0.2, 0.25) is 0 Å². The van der Waals surface area contributed by atoms with Crippen LogP contribution in [0.25, 0.3) is 0 Å². The Hall–Kier alpha value is -1.58. The number of amides is 2. The van der Waals surface area contributed by atoms with Crippen LogP contribution in [0.5, 0.6) is 0 Å². The highest BCUT2D eigenvalue weighted by atomic mass is 16.2. The van der Waals surface area contributed by atoms with Crippen LogP contribution in [0.1, 0.15) is 52.9 Å². The van der Waals surface area contributed by atoms with Crippen molar-refractivity contribution in [3.8, 4) is 0 Å². The lowest BCUT2D eigenvalue weighted by Crippen LogP contribution is -2.40. The fourth-order valence-electron chi connectivity index (χ4n) is 3.26. The third-order valence-corrected chi connectivity index (χ3v) is 4.47. The van der Waals surface area contributed by atoms with Crippen LogP contribution in [0.15, 0.2) is 25.6 Å². The molecule has 0 N–H and O–H groups in total. The highest BCUT2D eigenvalue weighted by Crippen LogP contribution is 2.22. The standard InChI is InChI=1S/2C9H15NO/c1-4-10-6-7(2)5-8(3)9(10)11;1-3-8-6-5-7-9(11)10(8)4-2/h4,7-8H,1,5-6H2,2-3H3;4,8H,2-3,5-7H2,1H3. The summed E-state index contributed by atoms with van der Waals surface area (Å²) >= 11 is 0. The molecular weight excluding hydrogens is 276 g/mol. The van der Waals surface area contributed by atoms with Gasteiger partial charge in [-0.1, -0.05) is 33.9 Å². The van der Waals surface area contributed by atoms with E-state index in [1.807, 2.05) is 6.92 Å². The molecule has 124 valence electrons. The summed E-state index contributed by atoms with van der Waals surface area (Å²) in [4.78, 5) is 26.1. The summed E-state index contributed by atoms with van der Waals surface area (Å²) in [6, 6.07) is 0.411. The summed E-state index contributed by atoms with van der Waals surface area (Å²) in [6.07, 6.45) is 8.23. The molecule has 2 saturated heterocycles. The third-order valence-electron chi connectivity index (χ3n) is 4.47. The minimum Gasteiger partial charge on any atom is -0.319 e. The van der Waals surface area contributed by atoms with Crippen molar-refractivity contribution in [1.82, 2.24) is 9.80 Å². The van der Waals surface area contributed by atoms with Crippen LogP contribution in [0.4, 0.5) is 0 Å². The average Bonchev–Trinajstić information content (AvgIpc) is 2.51. The van der Waals surface area contributed by atoms with Gasteiger partial charge in [0.2, 0.25) is 11.8 Å². The molecule has 0 aromatic carbocycles. The molecule has 3 unspecified atom stereocenters. The lowest BCUT2D eigenvalue weighted by Gasteiger charge is -2.31. The van der Waals surface area contributed by atoms with Crippen LogP contribution < -0.4 is 0 Å². The van der Waals surface area contributed by atoms with E-state index in [0.717, 1.165) is 32.2 Å². The Morgan fingerprint density at radius 2 is 1.91 bits per heavy atom. The van der Waals surface area contributed by atoms with Gasteiger partial charge in [0.05, 0.1) is 0 Å². The second kappa shape index (κ2) is 8.76. The Kier molecular flexibility index (Phi) is 7.36. The summed E-state index contributed by atoms with van der Waals surface area (Å²) in [5, 5.41) is 0. The van der Waals surface area contributed by atoms with E-state index in [9.17, 15) is 9.59 Å². The Labute approximate surface area is 134 Å². The van der Waals surface area contributed by atoms with E-state index in [0.29, 0.717) is 18.4 Å². The van der Waals surface area contributed by atoms with E-state index in [1.54, 1.807) is 22.2 Å². The minimum atomic E-state index is 0.178. The first-order chi connectivity index (χ1) is 10.4. The second-order valence-electron chi connectivity index (χ2n) is 6.35. The molecule has 0 radical (unpaired) electrons. The fourth-order valence-corrected chi connectivity index (χ4v) is 3.26. The lowest BCUT2D eigenvalue weighted by atomic mass is 9.91. The van der Waals surface area contributed by atoms with Crippen molar-refractivity contribution in [1.29, 1.82) is 0 Å². The third kappa shape index (κ3) is 4.72. The second-order valence-corrected chi connectivity index (χ2v) is 6.35. The molecule has 0 aromatic heterocycles. The van der Waals surface area contributed by atoms with Crippen LogP contribution in [0.3, 0.4) is 0 Å². The molecule has 0 aliphatic carbocycles. The van der Waals surface area contributed by atoms with Gasteiger partial charge in [0, 0.05) is 24.9 Å². The van der Waals surface area contributed by atoms with Crippen molar-refractivity contribution in [3.05, 3.63) is 25.6 Å². The molecule has 0 aromatic rings. The lowest BCUT2D eigenvalue weighted by molar-refractivity contribution is -0.136. The van der Waals surface area contributed by atoms with Gasteiger partial charge in [0.15, 0.2) is 0 Å². The Bertz CT molecular complexity index is 419. The number of rotatable bonds is 3. The van der Waals surface area contributed by atoms with Crippen molar-refractivity contribution < 1.29 is 9.59 Å². The van der Waals surface area contributed by atoms with Crippen molar-refractivity contribution in [2.45, 2.75) is 58.9 Å². The molecule has 2 aliphatic heterocycles. The summed E-state index contributed by atoms with van der Waals surface area (Å²) in [7, 11) is 0. The maximum absolute atomic E-state index is 11.4. The summed E-state index contributed by atoms with van der Waals surface area (Å²) in [5.74, 6) is 1.24. The van der Waals surface area contributed by atoms with Crippen LogP contribution >= 0.6 is 0 Å². The van der Waals surface area contributed by atoms with Gasteiger partial charge in [-0.15, -0.1) is 0 Å². The molecule has 22 heavy (non-hydrogen) atoms. The normalized spacial score (nSPS) is 28.8. The maximum atomic E-state index is 11.4. The fraction of sp³-hybridized carbons (Fsp3) is 0.667. The smallest absolute Gasteiger partial charge is 0.229 e. The van der Waals surface area contributed by atoms with Gasteiger partial charge in [-0.25, -0.2) is 0 Å². The first kappa shape index (κ1) is 18.5. The van der Waals surface area contributed by atoms with Gasteiger partial charge in [0.1, 0.15) is 0 Å². The van der Waals surface area contributed by atoms with E-state index in [2.05, 4.69) is 27.0 Å². The average molecular weight is 306 g/mol. The highest BCUT2D eigenvalue weighted by Gasteiger charge is 2.27. The molecular formula is C18H30N2O2. The predicted octanol–water partition coefficient (Wildman–Crippen LogP) is 3.56. The molecule has 2 aliphatic rings. The maximum Gasteiger partial charge on any atom is 0.229 e. The van der Waals surface area contributed by atoms with Crippen LogP contribution in [-0.2, 0) is 9.59 Å². The van der Waals surface area contributed by atoms with Crippen molar-refractivity contribution in [3.63, 3.8) is 0 Å². The Morgan fingerprint density at radius 3 is 2.41 bits per heavy atom. The monoisotopic (exact) mass is 306 g/mol. The number of hydrogen-bond donors (Lipinski definition) is 0. The van der Waals surface area contributed by atoms with E-state index in [1.165, 1.54) is 0 Å². The minimum absolute atomic E-state index is 0.178. The van der Waals surface area contributed by atoms with Gasteiger partial charge in [-0.3, -0.25) is 9.59 Å². The largest absolute Gasteiger partial charge is 0.319 e. The number of nitrogens with zero attached hydrogens (tertiary/aromatic N) is 2. The van der Waals surface area contributed by atoms with E-state index < -0.39 is 0 Å². The predicted molar refractivity (Wildman–Crippen MR) is 89.8 cm³/mol. The summed E-state index contributed by atoms with van der Waals surface area (Å²) < 4.78 is 0. The molecule has 4 heteroatoms. The summed E-state index contributed by atoms with van der Waals surface area (Å²) in [6.45, 7) is 14.3. The quantitative estimate of drug-likeness (QED) is 0.800. The van der Waals surface area contributed by atoms with Crippen LogP contribution in [-0.4, -0.2) is 34.2 Å². The first-order valence-corrected chi connectivity index (χ1v) is 8.31. The van der Waals surface area contributed by atoms with Gasteiger partial charge < -0.3 is 9.80 Å². The van der Waals surface area contributed by atoms with Crippen molar-refractivity contribution in [2.24, 2.45) is 11.8 Å². The van der Waals surface area contributed by atoms with E-state index >= 15 is 0 Å². The van der Waals surface area contributed by atoms with Gasteiger partial charge >= 0.3 is 0 Å². The summed E-state index contributed by atoms with van der Waals surface area (Å²) in [5.41, 5.74) is 0. The molecule has 2 fully saturated rings. The van der Waals surface area contributed by atoms with Crippen molar-refractivity contribution >= 4 is 11.8 Å².